The Balaban J connectivity index is 1.79. The fourth-order valence-corrected chi connectivity index (χ4v) is 2.24. The summed E-state index contributed by atoms with van der Waals surface area (Å²) < 4.78 is 53.0. The lowest BCUT2D eigenvalue weighted by Crippen LogP contribution is -2.16. The molecule has 3 aromatic rings. The number of benzene rings is 2. The van der Waals surface area contributed by atoms with Crippen LogP contribution in [0.5, 0.6) is 0 Å². The summed E-state index contributed by atoms with van der Waals surface area (Å²) in [6.07, 6.45) is 1.25. The second-order valence-electron chi connectivity index (χ2n) is 5.20. The Morgan fingerprint density at radius 3 is 2.44 bits per heavy atom. The van der Waals surface area contributed by atoms with Gasteiger partial charge < -0.3 is 10.6 Å². The van der Waals surface area contributed by atoms with Gasteiger partial charge in [-0.05, 0) is 36.4 Å². The van der Waals surface area contributed by atoms with Crippen LogP contribution in [0.15, 0.2) is 42.6 Å². The maximum absolute atomic E-state index is 13.7. The van der Waals surface area contributed by atoms with Crippen molar-refractivity contribution in [3.63, 3.8) is 0 Å². The van der Waals surface area contributed by atoms with E-state index >= 15 is 0 Å². The molecule has 0 aliphatic carbocycles. The molecule has 0 atom stereocenters. The van der Waals surface area contributed by atoms with Gasteiger partial charge in [0.1, 0.15) is 11.5 Å². The van der Waals surface area contributed by atoms with Gasteiger partial charge in [0.05, 0.1) is 10.7 Å². The molecule has 2 aromatic carbocycles. The number of aromatic nitrogens is 2. The van der Waals surface area contributed by atoms with E-state index in [0.29, 0.717) is 11.8 Å². The van der Waals surface area contributed by atoms with Gasteiger partial charge in [0.15, 0.2) is 17.5 Å². The van der Waals surface area contributed by atoms with Crippen molar-refractivity contribution in [2.45, 2.75) is 0 Å². The molecule has 0 spiro atoms. The van der Waals surface area contributed by atoms with E-state index in [1.807, 2.05) is 0 Å². The molecule has 0 fully saturated rings. The molecule has 0 bridgehead atoms. The second-order valence-corrected chi connectivity index (χ2v) is 5.60. The van der Waals surface area contributed by atoms with Crippen molar-refractivity contribution in [1.82, 2.24) is 9.97 Å². The van der Waals surface area contributed by atoms with Crippen LogP contribution in [-0.2, 0) is 0 Å². The van der Waals surface area contributed by atoms with Crippen LogP contribution < -0.4 is 10.6 Å². The Labute approximate surface area is 155 Å². The molecule has 138 valence electrons. The summed E-state index contributed by atoms with van der Waals surface area (Å²) >= 11 is 5.68. The van der Waals surface area contributed by atoms with Crippen molar-refractivity contribution >= 4 is 34.8 Å². The summed E-state index contributed by atoms with van der Waals surface area (Å²) in [5.74, 6) is -6.11. The third-order valence-corrected chi connectivity index (χ3v) is 3.64. The molecule has 1 amide bonds. The summed E-state index contributed by atoms with van der Waals surface area (Å²) in [4.78, 5) is 20.0. The highest BCUT2D eigenvalue weighted by Gasteiger charge is 2.17. The van der Waals surface area contributed by atoms with Crippen molar-refractivity contribution in [3.05, 3.63) is 76.6 Å². The van der Waals surface area contributed by atoms with E-state index in [9.17, 15) is 22.4 Å². The van der Waals surface area contributed by atoms with Gasteiger partial charge in [-0.15, -0.1) is 0 Å². The van der Waals surface area contributed by atoms with Crippen LogP contribution in [0.25, 0.3) is 0 Å². The quantitative estimate of drug-likeness (QED) is 0.496. The predicted octanol–water partition coefficient (Wildman–Crippen LogP) is 4.68. The maximum Gasteiger partial charge on any atom is 0.274 e. The van der Waals surface area contributed by atoms with E-state index in [0.717, 1.165) is 12.1 Å². The summed E-state index contributed by atoms with van der Waals surface area (Å²) in [5, 5.41) is 4.69. The highest BCUT2D eigenvalue weighted by Crippen LogP contribution is 2.22. The van der Waals surface area contributed by atoms with Crippen LogP contribution in [0.2, 0.25) is 5.02 Å². The van der Waals surface area contributed by atoms with Gasteiger partial charge in [-0.3, -0.25) is 4.79 Å². The molecular formula is C17H9ClF4N4O. The predicted molar refractivity (Wildman–Crippen MR) is 91.0 cm³/mol. The smallest absolute Gasteiger partial charge is 0.274 e. The zero-order valence-corrected chi connectivity index (χ0v) is 14.0. The number of hydrogen-bond donors (Lipinski definition) is 2. The third-order valence-electron chi connectivity index (χ3n) is 3.35. The molecule has 1 heterocycles. The van der Waals surface area contributed by atoms with Crippen molar-refractivity contribution in [3.8, 4) is 0 Å². The minimum Gasteiger partial charge on any atom is -0.324 e. The van der Waals surface area contributed by atoms with Crippen LogP contribution in [0.3, 0.4) is 0 Å². The molecule has 0 saturated heterocycles. The molecule has 5 nitrogen and oxygen atoms in total. The highest BCUT2D eigenvalue weighted by atomic mass is 35.5. The number of nitrogens with one attached hydrogen (secondary N) is 2. The lowest BCUT2D eigenvalue weighted by molar-refractivity contribution is 0.102. The minimum absolute atomic E-state index is 0.0175. The average molecular weight is 397 g/mol. The second kappa shape index (κ2) is 7.58. The summed E-state index contributed by atoms with van der Waals surface area (Å²) in [6.45, 7) is 0. The average Bonchev–Trinajstić information content (AvgIpc) is 2.65. The van der Waals surface area contributed by atoms with Gasteiger partial charge in [-0.1, -0.05) is 11.6 Å². The fourth-order valence-electron chi connectivity index (χ4n) is 2.06. The Morgan fingerprint density at radius 1 is 0.963 bits per heavy atom. The van der Waals surface area contributed by atoms with Crippen molar-refractivity contribution in [2.24, 2.45) is 0 Å². The number of nitrogens with zero attached hydrogens (tertiary/aromatic N) is 2. The SMILES string of the molecule is O=C(Nc1ccc(F)c(F)c1F)c1ccnc(Nc2ccc(F)c(Cl)c2)n1. The largest absolute Gasteiger partial charge is 0.324 e. The monoisotopic (exact) mass is 396 g/mol. The van der Waals surface area contributed by atoms with Crippen LogP contribution in [-0.4, -0.2) is 15.9 Å². The normalized spacial score (nSPS) is 10.6. The van der Waals surface area contributed by atoms with Crippen LogP contribution >= 0.6 is 11.6 Å². The highest BCUT2D eigenvalue weighted by molar-refractivity contribution is 6.31. The molecule has 0 aliphatic heterocycles. The molecule has 0 saturated carbocycles. The lowest BCUT2D eigenvalue weighted by Gasteiger charge is -2.09. The molecule has 0 aliphatic rings. The van der Waals surface area contributed by atoms with Gasteiger partial charge in [0.25, 0.3) is 5.91 Å². The van der Waals surface area contributed by atoms with E-state index in [1.54, 1.807) is 0 Å². The fraction of sp³-hybridized carbons (Fsp3) is 0. The molecule has 2 N–H and O–H groups in total. The number of rotatable bonds is 4. The summed E-state index contributed by atoms with van der Waals surface area (Å²) in [6, 6.07) is 6.60. The van der Waals surface area contributed by atoms with Crippen molar-refractivity contribution in [1.29, 1.82) is 0 Å². The molecular weight excluding hydrogens is 388 g/mol. The van der Waals surface area contributed by atoms with E-state index in [1.165, 1.54) is 24.4 Å². The number of amides is 1. The number of carbonyl (C=O) groups is 1. The van der Waals surface area contributed by atoms with Gasteiger partial charge >= 0.3 is 0 Å². The molecule has 27 heavy (non-hydrogen) atoms. The van der Waals surface area contributed by atoms with E-state index in [-0.39, 0.29) is 16.7 Å². The zero-order chi connectivity index (χ0) is 19.6. The first-order valence-corrected chi connectivity index (χ1v) is 7.73. The van der Waals surface area contributed by atoms with Gasteiger partial charge in [0.2, 0.25) is 5.95 Å². The van der Waals surface area contributed by atoms with Crippen molar-refractivity contribution < 1.29 is 22.4 Å². The Morgan fingerprint density at radius 2 is 1.70 bits per heavy atom. The third kappa shape index (κ3) is 4.14. The van der Waals surface area contributed by atoms with Crippen molar-refractivity contribution in [2.75, 3.05) is 10.6 Å². The molecule has 1 aromatic heterocycles. The lowest BCUT2D eigenvalue weighted by atomic mass is 10.2. The van der Waals surface area contributed by atoms with E-state index in [4.69, 9.17) is 11.6 Å². The topological polar surface area (TPSA) is 66.9 Å². The van der Waals surface area contributed by atoms with Gasteiger partial charge in [0, 0.05) is 11.9 Å². The Bertz CT molecular complexity index is 1030. The number of hydrogen-bond acceptors (Lipinski definition) is 4. The summed E-state index contributed by atoms with van der Waals surface area (Å²) in [5.41, 5.74) is -0.354. The number of anilines is 3. The van der Waals surface area contributed by atoms with Gasteiger partial charge in [-0.2, -0.15) is 0 Å². The summed E-state index contributed by atoms with van der Waals surface area (Å²) in [7, 11) is 0. The minimum atomic E-state index is -1.70. The van der Waals surface area contributed by atoms with Gasteiger partial charge in [-0.25, -0.2) is 27.5 Å². The van der Waals surface area contributed by atoms with E-state index < -0.39 is 34.9 Å². The molecule has 0 unspecified atom stereocenters. The van der Waals surface area contributed by atoms with E-state index in [2.05, 4.69) is 20.6 Å². The first-order valence-electron chi connectivity index (χ1n) is 7.35. The molecule has 10 heteroatoms. The molecule has 0 radical (unpaired) electrons. The maximum atomic E-state index is 13.7. The number of carbonyl (C=O) groups excluding carboxylic acids is 1. The first-order chi connectivity index (χ1) is 12.8. The Hall–Kier alpha value is -3.20. The van der Waals surface area contributed by atoms with Crippen LogP contribution in [0, 0.1) is 23.3 Å². The molecule has 3 rings (SSSR count). The van der Waals surface area contributed by atoms with Crippen LogP contribution in [0.1, 0.15) is 10.5 Å². The number of halogens is 5. The first kappa shape index (κ1) is 18.6. The zero-order valence-electron chi connectivity index (χ0n) is 13.2. The van der Waals surface area contributed by atoms with Crippen LogP contribution in [0.4, 0.5) is 34.9 Å². The standard InChI is InChI=1S/C17H9ClF4N4O/c18-9-7-8(1-2-10(9)19)24-17-23-6-5-13(26-17)16(27)25-12-4-3-11(20)14(21)15(12)22/h1-7H,(H,25,27)(H,23,24,26). The Kier molecular flexibility index (Phi) is 5.22.